The van der Waals surface area contributed by atoms with Crippen molar-refractivity contribution in [3.05, 3.63) is 22.2 Å². The zero-order valence-electron chi connectivity index (χ0n) is 12.8. The van der Waals surface area contributed by atoms with Crippen molar-refractivity contribution in [3.8, 4) is 5.75 Å². The van der Waals surface area contributed by atoms with Gasteiger partial charge in [0.05, 0.1) is 12.8 Å². The third kappa shape index (κ3) is 4.13. The molecule has 2 atom stereocenters. The molecule has 0 bridgehead atoms. The van der Waals surface area contributed by atoms with E-state index >= 15 is 0 Å². The number of rotatable bonds is 3. The molecule has 0 heterocycles. The summed E-state index contributed by atoms with van der Waals surface area (Å²) in [4.78, 5) is 12.2. The highest BCUT2D eigenvalue weighted by Crippen LogP contribution is 2.32. The van der Waals surface area contributed by atoms with E-state index in [2.05, 4.69) is 33.5 Å². The maximum absolute atomic E-state index is 12.2. The molecule has 0 saturated heterocycles. The monoisotopic (exact) mass is 354 g/mol. The van der Waals surface area contributed by atoms with Gasteiger partial charge in [0.25, 0.3) is 0 Å². The molecule has 0 spiro atoms. The fourth-order valence-electron chi connectivity index (χ4n) is 2.88. The lowest BCUT2D eigenvalue weighted by molar-refractivity contribution is 0.232. The van der Waals surface area contributed by atoms with Gasteiger partial charge in [-0.15, -0.1) is 0 Å². The number of halogens is 1. The molecule has 116 valence electrons. The summed E-state index contributed by atoms with van der Waals surface area (Å²) in [5.74, 6) is 1.20. The molecule has 1 saturated carbocycles. The third-order valence-corrected chi connectivity index (χ3v) is 4.61. The highest BCUT2D eigenvalue weighted by molar-refractivity contribution is 9.10. The molecule has 0 aromatic heterocycles. The maximum atomic E-state index is 12.2. The standard InChI is InChI=1S/C16H23BrN2O2/c1-10-6-4-5-7-13(10)18-16(20)19-15-11(2)8-12(17)9-14(15)21-3/h8-10,13H,4-7H2,1-3H3,(H2,18,19,20). The van der Waals surface area contributed by atoms with Crippen LogP contribution in [0.1, 0.15) is 38.2 Å². The van der Waals surface area contributed by atoms with E-state index in [1.54, 1.807) is 7.11 Å². The number of anilines is 1. The van der Waals surface area contributed by atoms with Crippen molar-refractivity contribution in [1.82, 2.24) is 5.32 Å². The number of aryl methyl sites for hydroxylation is 1. The van der Waals surface area contributed by atoms with E-state index < -0.39 is 0 Å². The normalized spacial score (nSPS) is 21.7. The lowest BCUT2D eigenvalue weighted by Gasteiger charge is -2.29. The summed E-state index contributed by atoms with van der Waals surface area (Å²) in [7, 11) is 1.60. The molecule has 1 aromatic carbocycles. The van der Waals surface area contributed by atoms with Crippen molar-refractivity contribution in [3.63, 3.8) is 0 Å². The number of carbonyl (C=O) groups excluding carboxylic acids is 1. The van der Waals surface area contributed by atoms with Crippen molar-refractivity contribution in [2.24, 2.45) is 5.92 Å². The number of benzene rings is 1. The van der Waals surface area contributed by atoms with Crippen molar-refractivity contribution < 1.29 is 9.53 Å². The van der Waals surface area contributed by atoms with Crippen LogP contribution >= 0.6 is 15.9 Å². The molecule has 5 heteroatoms. The molecular formula is C16H23BrN2O2. The number of hydrogen-bond acceptors (Lipinski definition) is 2. The van der Waals surface area contributed by atoms with Gasteiger partial charge in [0.1, 0.15) is 5.75 Å². The molecule has 1 aromatic rings. The summed E-state index contributed by atoms with van der Waals surface area (Å²) in [5.41, 5.74) is 1.69. The summed E-state index contributed by atoms with van der Waals surface area (Å²) in [6.45, 7) is 4.15. The van der Waals surface area contributed by atoms with Crippen LogP contribution in [0.3, 0.4) is 0 Å². The topological polar surface area (TPSA) is 50.4 Å². The van der Waals surface area contributed by atoms with E-state index in [0.717, 1.165) is 22.1 Å². The minimum atomic E-state index is -0.155. The second kappa shape index (κ2) is 7.16. The van der Waals surface area contributed by atoms with E-state index in [-0.39, 0.29) is 12.1 Å². The van der Waals surface area contributed by atoms with Gasteiger partial charge in [-0.05, 0) is 43.4 Å². The first kappa shape index (κ1) is 16.1. The quantitative estimate of drug-likeness (QED) is 0.841. The average molecular weight is 355 g/mol. The van der Waals surface area contributed by atoms with Crippen LogP contribution < -0.4 is 15.4 Å². The van der Waals surface area contributed by atoms with Crippen LogP contribution in [0.15, 0.2) is 16.6 Å². The Balaban J connectivity index is 2.05. The Labute approximate surface area is 134 Å². The van der Waals surface area contributed by atoms with Crippen LogP contribution in [0.2, 0.25) is 0 Å². The second-order valence-electron chi connectivity index (χ2n) is 5.77. The number of nitrogens with one attached hydrogen (secondary N) is 2. The van der Waals surface area contributed by atoms with Crippen molar-refractivity contribution in [2.45, 2.75) is 45.6 Å². The zero-order valence-corrected chi connectivity index (χ0v) is 14.4. The summed E-state index contributed by atoms with van der Waals surface area (Å²) < 4.78 is 6.28. The van der Waals surface area contributed by atoms with Crippen LogP contribution in [0.25, 0.3) is 0 Å². The Bertz CT molecular complexity index is 519. The Kier molecular flexibility index (Phi) is 5.51. The second-order valence-corrected chi connectivity index (χ2v) is 6.68. The molecule has 2 N–H and O–H groups in total. The lowest BCUT2D eigenvalue weighted by atomic mass is 9.86. The first-order valence-corrected chi connectivity index (χ1v) is 8.22. The Morgan fingerprint density at radius 2 is 2.05 bits per heavy atom. The SMILES string of the molecule is COc1cc(Br)cc(C)c1NC(=O)NC1CCCCC1C. The molecule has 0 radical (unpaired) electrons. The van der Waals surface area contributed by atoms with Crippen LogP contribution in [-0.4, -0.2) is 19.2 Å². The van der Waals surface area contributed by atoms with Crippen molar-refractivity contribution in [2.75, 3.05) is 12.4 Å². The molecular weight excluding hydrogens is 332 g/mol. The fraction of sp³-hybridized carbons (Fsp3) is 0.562. The van der Waals surface area contributed by atoms with E-state index in [0.29, 0.717) is 11.7 Å². The number of urea groups is 1. The molecule has 4 nitrogen and oxygen atoms in total. The largest absolute Gasteiger partial charge is 0.495 e. The van der Waals surface area contributed by atoms with Crippen LogP contribution in [0, 0.1) is 12.8 Å². The zero-order chi connectivity index (χ0) is 15.4. The number of amides is 2. The van der Waals surface area contributed by atoms with E-state index in [1.165, 1.54) is 19.3 Å². The summed E-state index contributed by atoms with van der Waals surface area (Å²) in [6, 6.07) is 3.92. The molecule has 1 aliphatic carbocycles. The number of hydrogen-bond donors (Lipinski definition) is 2. The smallest absolute Gasteiger partial charge is 0.319 e. The lowest BCUT2D eigenvalue weighted by Crippen LogP contribution is -2.43. The summed E-state index contributed by atoms with van der Waals surface area (Å²) in [5, 5.41) is 6.02. The van der Waals surface area contributed by atoms with Crippen LogP contribution in [0.5, 0.6) is 5.75 Å². The highest BCUT2D eigenvalue weighted by Gasteiger charge is 2.23. The first-order valence-electron chi connectivity index (χ1n) is 7.43. The summed E-state index contributed by atoms with van der Waals surface area (Å²) in [6.07, 6.45) is 4.70. The van der Waals surface area contributed by atoms with Gasteiger partial charge < -0.3 is 15.4 Å². The van der Waals surface area contributed by atoms with Gasteiger partial charge in [0, 0.05) is 10.5 Å². The predicted molar refractivity (Wildman–Crippen MR) is 89.0 cm³/mol. The van der Waals surface area contributed by atoms with Crippen LogP contribution in [-0.2, 0) is 0 Å². The van der Waals surface area contributed by atoms with Gasteiger partial charge in [-0.1, -0.05) is 35.7 Å². The fourth-order valence-corrected chi connectivity index (χ4v) is 3.43. The van der Waals surface area contributed by atoms with Crippen molar-refractivity contribution >= 4 is 27.6 Å². The predicted octanol–water partition coefficient (Wildman–Crippen LogP) is 4.47. The van der Waals surface area contributed by atoms with Crippen molar-refractivity contribution in [1.29, 1.82) is 0 Å². The van der Waals surface area contributed by atoms with E-state index in [4.69, 9.17) is 4.74 Å². The average Bonchev–Trinajstić information content (AvgIpc) is 2.44. The third-order valence-electron chi connectivity index (χ3n) is 4.15. The Morgan fingerprint density at radius 1 is 1.33 bits per heavy atom. The molecule has 2 rings (SSSR count). The molecule has 1 fully saturated rings. The van der Waals surface area contributed by atoms with Gasteiger partial charge >= 0.3 is 6.03 Å². The minimum absolute atomic E-state index is 0.155. The minimum Gasteiger partial charge on any atom is -0.495 e. The number of carbonyl (C=O) groups is 1. The maximum Gasteiger partial charge on any atom is 0.319 e. The van der Waals surface area contributed by atoms with E-state index in [9.17, 15) is 4.79 Å². The van der Waals surface area contributed by atoms with Gasteiger partial charge in [-0.3, -0.25) is 0 Å². The highest BCUT2D eigenvalue weighted by atomic mass is 79.9. The van der Waals surface area contributed by atoms with Gasteiger partial charge in [0.15, 0.2) is 0 Å². The Morgan fingerprint density at radius 3 is 2.71 bits per heavy atom. The molecule has 1 aliphatic rings. The molecule has 2 unspecified atom stereocenters. The number of ether oxygens (including phenoxy) is 1. The molecule has 2 amide bonds. The molecule has 0 aliphatic heterocycles. The number of methoxy groups -OCH3 is 1. The first-order chi connectivity index (χ1) is 10.0. The summed E-state index contributed by atoms with van der Waals surface area (Å²) >= 11 is 3.43. The van der Waals surface area contributed by atoms with Gasteiger partial charge in [-0.2, -0.15) is 0 Å². The Hall–Kier alpha value is -1.23. The van der Waals surface area contributed by atoms with Gasteiger partial charge in [-0.25, -0.2) is 4.79 Å². The van der Waals surface area contributed by atoms with E-state index in [1.807, 2.05) is 19.1 Å². The van der Waals surface area contributed by atoms with Gasteiger partial charge in [0.2, 0.25) is 0 Å². The van der Waals surface area contributed by atoms with Crippen LogP contribution in [0.4, 0.5) is 10.5 Å². The molecule has 21 heavy (non-hydrogen) atoms.